The molecular formula is C22H56N2O33P8. The van der Waals surface area contributed by atoms with Gasteiger partial charge in [0.25, 0.3) is 0 Å². The molecule has 0 aliphatic carbocycles. The number of phosphoric acid groups is 8. The normalized spacial score (nSPS) is 20.0. The Hall–Kier alpha value is 0.760. The van der Waals surface area contributed by atoms with Crippen LogP contribution in [0.5, 0.6) is 0 Å². The van der Waals surface area contributed by atoms with E-state index in [2.05, 4.69) is 69.4 Å². The zero-order valence-corrected chi connectivity index (χ0v) is 41.5. The van der Waals surface area contributed by atoms with E-state index in [4.69, 9.17) is 23.9 Å². The van der Waals surface area contributed by atoms with E-state index < -0.39 is 167 Å². The van der Waals surface area contributed by atoms with Crippen molar-refractivity contribution in [3.63, 3.8) is 0 Å². The molecule has 0 aromatic carbocycles. The van der Waals surface area contributed by atoms with Crippen molar-refractivity contribution in [1.82, 2.24) is 10.6 Å². The second kappa shape index (κ2) is 32.7. The maximum Gasteiger partial charge on any atom is 0.472 e. The van der Waals surface area contributed by atoms with Crippen molar-refractivity contribution in [1.29, 1.82) is 0 Å². The molecule has 392 valence electrons. The molecule has 0 rings (SSSR count). The molecule has 0 amide bonds. The minimum absolute atomic E-state index is 0.0554. The van der Waals surface area contributed by atoms with Crippen LogP contribution in [0.3, 0.4) is 0 Å². The number of nitrogens with one attached hydrogen (secondary N) is 2. The first-order chi connectivity index (χ1) is 29.9. The van der Waals surface area contributed by atoms with E-state index in [9.17, 15) is 70.8 Å². The Morgan fingerprint density at radius 2 is 0.508 bits per heavy atom. The van der Waals surface area contributed by atoms with E-state index >= 15 is 0 Å². The van der Waals surface area contributed by atoms with Gasteiger partial charge in [0.2, 0.25) is 0 Å². The Morgan fingerprint density at radius 3 is 0.708 bits per heavy atom. The van der Waals surface area contributed by atoms with Crippen LogP contribution in [0.2, 0.25) is 0 Å². The summed E-state index contributed by atoms with van der Waals surface area (Å²) in [5.41, 5.74) is 0. The molecule has 0 radical (unpaired) electrons. The predicted molar refractivity (Wildman–Crippen MR) is 212 cm³/mol. The van der Waals surface area contributed by atoms with Crippen LogP contribution < -0.4 is 10.6 Å². The zero-order chi connectivity index (χ0) is 49.9. The lowest BCUT2D eigenvalue weighted by Crippen LogP contribution is -2.26. The molecule has 65 heavy (non-hydrogen) atoms. The van der Waals surface area contributed by atoms with E-state index in [-0.39, 0.29) is 26.3 Å². The van der Waals surface area contributed by atoms with Crippen molar-refractivity contribution in [3.05, 3.63) is 0 Å². The molecule has 0 heterocycles. The minimum atomic E-state index is -4.92. The lowest BCUT2D eigenvalue weighted by atomic mass is 10.2. The van der Waals surface area contributed by atoms with Gasteiger partial charge in [-0.05, 0) is 14.1 Å². The third-order valence-electron chi connectivity index (χ3n) is 6.22. The SMILES string of the molecule is CNCC(CO)COP(=O)(O)OCCOP(=O)(O)OCCOP(=O)(O)OCCOP(=O)(O)OCCOP(=O)(O)OCCOP(=O)(O)OCCOP(=O)(O)OCC(CNC)COP(=O)(O)O. The smallest absolute Gasteiger partial charge is 0.396 e. The van der Waals surface area contributed by atoms with Gasteiger partial charge in [0.05, 0.1) is 99.1 Å². The Morgan fingerprint density at radius 1 is 0.323 bits per heavy atom. The number of hydrogen-bond acceptors (Lipinski definition) is 26. The Labute approximate surface area is 371 Å². The topological polar surface area (TPSA) is 501 Å². The molecule has 0 aliphatic rings. The number of hydrogen-bond donors (Lipinski definition) is 12. The van der Waals surface area contributed by atoms with Crippen molar-refractivity contribution in [2.75, 3.05) is 133 Å². The van der Waals surface area contributed by atoms with Gasteiger partial charge in [-0.15, -0.1) is 0 Å². The molecule has 35 nitrogen and oxygen atoms in total. The highest BCUT2D eigenvalue weighted by Crippen LogP contribution is 2.50. The van der Waals surface area contributed by atoms with Crippen molar-refractivity contribution in [2.24, 2.45) is 11.8 Å². The molecule has 0 aromatic heterocycles. The fourth-order valence-corrected chi connectivity index (χ4v) is 9.00. The number of aliphatic hydroxyl groups is 1. The first-order valence-corrected chi connectivity index (χ1v) is 29.8. The summed E-state index contributed by atoms with van der Waals surface area (Å²) < 4.78 is 162. The van der Waals surface area contributed by atoms with Gasteiger partial charge in [-0.2, -0.15) is 0 Å². The summed E-state index contributed by atoms with van der Waals surface area (Å²) in [6, 6.07) is 0. The van der Waals surface area contributed by atoms with Gasteiger partial charge in [0.1, 0.15) is 0 Å². The molecule has 0 aliphatic heterocycles. The molecule has 0 spiro atoms. The highest BCUT2D eigenvalue weighted by atomic mass is 31.2. The van der Waals surface area contributed by atoms with Gasteiger partial charge in [0, 0.05) is 31.5 Å². The van der Waals surface area contributed by atoms with Crippen molar-refractivity contribution in [2.45, 2.75) is 0 Å². The molecule has 0 fully saturated rings. The lowest BCUT2D eigenvalue weighted by Gasteiger charge is -2.19. The second-order valence-electron chi connectivity index (χ2n) is 11.7. The molecule has 12 N–H and O–H groups in total. The monoisotopic (exact) mass is 1120 g/mol. The van der Waals surface area contributed by atoms with Crippen molar-refractivity contribution >= 4 is 62.6 Å². The van der Waals surface area contributed by atoms with Gasteiger partial charge < -0.3 is 59.8 Å². The highest BCUT2D eigenvalue weighted by molar-refractivity contribution is 7.49. The fraction of sp³-hybridized carbons (Fsp3) is 1.00. The Balaban J connectivity index is 4.27. The van der Waals surface area contributed by atoms with E-state index in [0.717, 1.165) is 0 Å². The van der Waals surface area contributed by atoms with Crippen LogP contribution in [-0.2, 0) is 104 Å². The first-order valence-electron chi connectivity index (χ1n) is 17.8. The van der Waals surface area contributed by atoms with Crippen LogP contribution in [0.25, 0.3) is 0 Å². The molecular weight excluding hydrogens is 1070 g/mol. The molecule has 9 atom stereocenters. The summed E-state index contributed by atoms with van der Waals surface area (Å²) in [6.07, 6.45) is 0. The van der Waals surface area contributed by atoms with Crippen molar-refractivity contribution < 1.29 is 154 Å². The minimum Gasteiger partial charge on any atom is -0.396 e. The summed E-state index contributed by atoms with van der Waals surface area (Å²) in [5.74, 6) is -1.32. The van der Waals surface area contributed by atoms with Crippen LogP contribution in [0, 0.1) is 11.8 Å². The van der Waals surface area contributed by atoms with Gasteiger partial charge >= 0.3 is 62.6 Å². The molecule has 43 heteroatoms. The molecule has 0 saturated heterocycles. The van der Waals surface area contributed by atoms with E-state index in [1.54, 1.807) is 7.05 Å². The molecule has 0 aromatic rings. The molecule has 0 bridgehead atoms. The largest absolute Gasteiger partial charge is 0.472 e. The summed E-state index contributed by atoms with van der Waals surface area (Å²) in [7, 11) is -35.6. The lowest BCUT2D eigenvalue weighted by molar-refractivity contribution is 0.0709. The average molecular weight is 1120 g/mol. The van der Waals surface area contributed by atoms with Crippen LogP contribution in [0.4, 0.5) is 0 Å². The maximum atomic E-state index is 12.0. The van der Waals surface area contributed by atoms with E-state index in [1.807, 2.05) is 0 Å². The van der Waals surface area contributed by atoms with Crippen molar-refractivity contribution in [3.8, 4) is 0 Å². The summed E-state index contributed by atoms with van der Waals surface area (Å²) in [5, 5.41) is 14.5. The Bertz CT molecular complexity index is 1720. The van der Waals surface area contributed by atoms with Gasteiger partial charge in [-0.25, -0.2) is 36.5 Å². The first kappa shape index (κ1) is 65.8. The summed E-state index contributed by atoms with van der Waals surface area (Å²) in [4.78, 5) is 85.2. The van der Waals surface area contributed by atoms with Crippen LogP contribution in [-0.4, -0.2) is 182 Å². The standard InChI is InChI=1S/C22H56N2O33P8/c1-23-15-21(17-25)18-56-64(39,40)53-13-11-51-62(35,36)49-9-7-47-60(31,32)45-5-3-43-59(29,30)44-4-6-46-61(33,34)48-8-10-50-63(37,38)52-12-14-54-65(41,42)57-20-22(16-24-2)19-55-58(26,27)28/h21-25H,3-20H2,1-2H3,(H,29,30)(H,31,32)(H,33,34)(H,35,36)(H,37,38)(H,39,40)(H,41,42)(H2,26,27,28). The maximum absolute atomic E-state index is 12.0. The van der Waals surface area contributed by atoms with Crippen LogP contribution in [0.1, 0.15) is 0 Å². The molecule has 0 saturated carbocycles. The van der Waals surface area contributed by atoms with E-state index in [1.165, 1.54) is 7.05 Å². The summed E-state index contributed by atoms with van der Waals surface area (Å²) >= 11 is 0. The highest BCUT2D eigenvalue weighted by Gasteiger charge is 2.30. The second-order valence-corrected chi connectivity index (χ2v) is 23.1. The van der Waals surface area contributed by atoms with E-state index in [0.29, 0.717) is 0 Å². The molecule has 9 unspecified atom stereocenters. The third kappa shape index (κ3) is 39.1. The number of aliphatic hydroxyl groups excluding tert-OH is 1. The Kier molecular flexibility index (Phi) is 33.1. The third-order valence-corrected chi connectivity index (χ3v) is 13.8. The fourth-order valence-electron chi connectivity index (χ4n) is 3.61. The average Bonchev–Trinajstić information content (AvgIpc) is 3.18. The summed E-state index contributed by atoms with van der Waals surface area (Å²) in [6.45, 7) is -11.4. The van der Waals surface area contributed by atoms with Crippen LogP contribution in [0.15, 0.2) is 0 Å². The van der Waals surface area contributed by atoms with Crippen LogP contribution >= 0.6 is 62.6 Å². The predicted octanol–water partition coefficient (Wildman–Crippen LogP) is -0.306. The van der Waals surface area contributed by atoms with Gasteiger partial charge in [0.15, 0.2) is 0 Å². The number of phosphoric ester groups is 8. The number of rotatable bonds is 44. The van der Waals surface area contributed by atoms with Gasteiger partial charge in [-0.3, -0.25) is 67.9 Å². The zero-order valence-electron chi connectivity index (χ0n) is 34.3. The quantitative estimate of drug-likeness (QED) is 0.0275. The van der Waals surface area contributed by atoms with Gasteiger partial charge in [-0.1, -0.05) is 0 Å².